The average Bonchev–Trinajstić information content (AvgIpc) is 2.80. The van der Waals surface area contributed by atoms with E-state index < -0.39 is 52.4 Å². The van der Waals surface area contributed by atoms with Gasteiger partial charge in [0.15, 0.2) is 0 Å². The second kappa shape index (κ2) is 15.0. The molecule has 1 atom stereocenters. The number of hydrogen-bond acceptors (Lipinski definition) is 5. The first-order valence-corrected chi connectivity index (χ1v) is 13.5. The number of halogens is 8. The summed E-state index contributed by atoms with van der Waals surface area (Å²) in [7, 11) is 0. The lowest BCUT2D eigenvalue weighted by Gasteiger charge is -2.22. The Morgan fingerprint density at radius 1 is 0.897 bits per heavy atom. The minimum atomic E-state index is -5.51. The van der Waals surface area contributed by atoms with Crippen molar-refractivity contribution in [1.29, 1.82) is 0 Å². The van der Waals surface area contributed by atoms with E-state index in [2.05, 4.69) is 5.32 Å². The van der Waals surface area contributed by atoms with Crippen molar-refractivity contribution in [3.63, 3.8) is 0 Å². The lowest BCUT2D eigenvalue weighted by Crippen LogP contribution is -2.40. The summed E-state index contributed by atoms with van der Waals surface area (Å²) >= 11 is 1.33. The fourth-order valence-electron chi connectivity index (χ4n) is 3.58. The number of carbonyl (C=O) groups excluding carboxylic acids is 1. The maximum Gasteiger partial charge on any atom is 0.453 e. The first kappa shape index (κ1) is 34.9. The first-order chi connectivity index (χ1) is 17.9. The zero-order valence-corrected chi connectivity index (χ0v) is 22.1. The number of anilines is 1. The first-order valence-electron chi connectivity index (χ1n) is 12.3. The maximum absolute atomic E-state index is 13.1. The number of nitrogens with zero attached hydrogens (tertiary/aromatic N) is 1. The molecule has 6 nitrogen and oxygen atoms in total. The number of nitrogens with one attached hydrogen (secondary N) is 1. The largest absolute Gasteiger partial charge is 0.453 e. The molecule has 0 radical (unpaired) electrons. The molecule has 0 spiro atoms. The number of benzene rings is 1. The number of alkyl halides is 8. The highest BCUT2D eigenvalue weighted by Crippen LogP contribution is 2.39. The number of rotatable bonds is 17. The zero-order chi connectivity index (χ0) is 29.9. The lowest BCUT2D eigenvalue weighted by molar-refractivity contribution is -0.388. The molecule has 39 heavy (non-hydrogen) atoms. The molecule has 2 N–H and O–H groups in total. The van der Waals surface area contributed by atoms with Crippen LogP contribution in [-0.4, -0.2) is 45.1 Å². The van der Waals surface area contributed by atoms with Crippen molar-refractivity contribution in [2.24, 2.45) is 0 Å². The number of nitro groups is 1. The van der Waals surface area contributed by atoms with E-state index in [0.717, 1.165) is 38.2 Å². The van der Waals surface area contributed by atoms with Crippen molar-refractivity contribution in [2.45, 2.75) is 95.0 Å². The van der Waals surface area contributed by atoms with Gasteiger partial charge < -0.3 is 10.4 Å². The van der Waals surface area contributed by atoms with Crippen LogP contribution in [0.15, 0.2) is 18.2 Å². The highest BCUT2D eigenvalue weighted by Gasteiger charge is 2.56. The predicted molar refractivity (Wildman–Crippen MR) is 132 cm³/mol. The molecule has 224 valence electrons. The second-order valence-electron chi connectivity index (χ2n) is 9.36. The highest BCUT2D eigenvalue weighted by molar-refractivity contribution is 7.99. The van der Waals surface area contributed by atoms with E-state index in [0.29, 0.717) is 30.7 Å². The van der Waals surface area contributed by atoms with Gasteiger partial charge in [0.2, 0.25) is 0 Å². The highest BCUT2D eigenvalue weighted by atomic mass is 32.2. The van der Waals surface area contributed by atoms with Gasteiger partial charge >= 0.3 is 18.3 Å². The number of hydrogen-bond donors (Lipinski definition) is 2. The fourth-order valence-corrected chi connectivity index (χ4v) is 4.54. The van der Waals surface area contributed by atoms with Crippen molar-refractivity contribution in [1.82, 2.24) is 0 Å². The van der Waals surface area contributed by atoms with Crippen molar-refractivity contribution in [3.05, 3.63) is 33.9 Å². The van der Waals surface area contributed by atoms with Crippen LogP contribution in [0, 0.1) is 10.1 Å². The maximum atomic E-state index is 13.1. The van der Waals surface area contributed by atoms with Crippen LogP contribution in [0.25, 0.3) is 0 Å². The van der Waals surface area contributed by atoms with Crippen LogP contribution in [0.2, 0.25) is 0 Å². The Hall–Kier alpha value is -2.16. The molecule has 1 unspecified atom stereocenters. The van der Waals surface area contributed by atoms with Gasteiger partial charge in [0.25, 0.3) is 11.6 Å². The van der Waals surface area contributed by atoms with Crippen LogP contribution in [0.5, 0.6) is 0 Å². The number of thioether (sulfide) groups is 1. The predicted octanol–water partition coefficient (Wildman–Crippen LogP) is 8.13. The molecule has 1 aromatic rings. The fraction of sp³-hybridized carbons (Fsp3) is 0.708. The number of carbonyl (C=O) groups is 1. The molecule has 1 amide bonds. The third kappa shape index (κ3) is 12.3. The summed E-state index contributed by atoms with van der Waals surface area (Å²) in [6.45, 7) is 1.22. The quantitative estimate of drug-likeness (QED) is 0.0820. The van der Waals surface area contributed by atoms with Crippen LogP contribution in [0.4, 0.5) is 46.5 Å². The van der Waals surface area contributed by atoms with Gasteiger partial charge in [-0.1, -0.05) is 38.5 Å². The summed E-state index contributed by atoms with van der Waals surface area (Å²) in [5, 5.41) is 23.4. The van der Waals surface area contributed by atoms with E-state index in [1.807, 2.05) is 0 Å². The Labute approximate surface area is 225 Å². The Kier molecular flexibility index (Phi) is 13.4. The number of aliphatic hydroxyl groups is 1. The molecule has 0 fully saturated rings. The standard InChI is InChI=1S/C24H32F8N2O4S/c1-21(36,20(35)33-17-10-11-19(34(37)38)18(16-17)23(27,28)29)12-7-5-3-2-4-6-8-14-39-15-9-13-22(25,26)24(30,31)32/h10-11,16,36H,2-9,12-15H2,1H3,(H,33,35). The van der Waals surface area contributed by atoms with Crippen LogP contribution < -0.4 is 5.32 Å². The van der Waals surface area contributed by atoms with Crippen molar-refractivity contribution < 1.29 is 49.9 Å². The zero-order valence-electron chi connectivity index (χ0n) is 21.3. The summed E-state index contributed by atoms with van der Waals surface area (Å²) in [5.74, 6) is -4.70. The smallest absolute Gasteiger partial charge is 0.380 e. The van der Waals surface area contributed by atoms with Gasteiger partial charge in [-0.15, -0.1) is 0 Å². The molecule has 0 heterocycles. The lowest BCUT2D eigenvalue weighted by atomic mass is 9.96. The average molecular weight is 597 g/mol. The van der Waals surface area contributed by atoms with Gasteiger partial charge in [0.1, 0.15) is 11.2 Å². The molecule has 1 rings (SSSR count). The summed E-state index contributed by atoms with van der Waals surface area (Å²) in [4.78, 5) is 22.0. The molecule has 0 saturated heterocycles. The topological polar surface area (TPSA) is 92.5 Å². The van der Waals surface area contributed by atoms with E-state index in [-0.39, 0.29) is 24.3 Å². The van der Waals surface area contributed by atoms with E-state index >= 15 is 0 Å². The minimum Gasteiger partial charge on any atom is -0.380 e. The van der Waals surface area contributed by atoms with Crippen molar-refractivity contribution in [3.8, 4) is 0 Å². The van der Waals surface area contributed by atoms with Crippen molar-refractivity contribution in [2.75, 3.05) is 16.8 Å². The van der Waals surface area contributed by atoms with Gasteiger partial charge in [-0.3, -0.25) is 14.9 Å². The minimum absolute atomic E-state index is 0.0436. The summed E-state index contributed by atoms with van der Waals surface area (Å²) in [6.07, 6.45) is -6.57. The number of amides is 1. The summed E-state index contributed by atoms with van der Waals surface area (Å²) in [6, 6.07) is 2.02. The summed E-state index contributed by atoms with van der Waals surface area (Å²) in [5.41, 5.74) is -4.88. The molecule has 0 bridgehead atoms. The molecule has 15 heteroatoms. The third-order valence-corrected chi connectivity index (χ3v) is 7.05. The van der Waals surface area contributed by atoms with Crippen LogP contribution >= 0.6 is 11.8 Å². The SMILES string of the molecule is CC(O)(CCCCCCCCCSCCCC(F)(F)C(F)(F)F)C(=O)Nc1ccc([N+](=O)[O-])c(C(F)(F)F)c1. The molecule has 1 aromatic carbocycles. The molecule has 0 aromatic heterocycles. The second-order valence-corrected chi connectivity index (χ2v) is 10.6. The van der Waals surface area contributed by atoms with Gasteiger partial charge in [-0.25, -0.2) is 0 Å². The molecule has 0 aliphatic rings. The molecular formula is C24H32F8N2O4S. The van der Waals surface area contributed by atoms with Gasteiger partial charge in [-0.05, 0) is 49.8 Å². The van der Waals surface area contributed by atoms with Gasteiger partial charge in [-0.2, -0.15) is 46.9 Å². The van der Waals surface area contributed by atoms with Gasteiger partial charge in [0.05, 0.1) is 4.92 Å². The van der Waals surface area contributed by atoms with Crippen molar-refractivity contribution >= 4 is 29.0 Å². The molecule has 0 saturated carbocycles. The molecular weight excluding hydrogens is 564 g/mol. The molecule has 0 aliphatic heterocycles. The normalized spacial score (nSPS) is 14.2. The summed E-state index contributed by atoms with van der Waals surface area (Å²) < 4.78 is 101. The Balaban J connectivity index is 2.24. The van der Waals surface area contributed by atoms with Crippen LogP contribution in [0.3, 0.4) is 0 Å². The number of nitro benzene ring substituents is 1. The molecule has 0 aliphatic carbocycles. The van der Waals surface area contributed by atoms with Crippen LogP contribution in [-0.2, 0) is 11.0 Å². The Morgan fingerprint density at radius 3 is 1.97 bits per heavy atom. The monoisotopic (exact) mass is 596 g/mol. The number of unbranched alkanes of at least 4 members (excludes halogenated alkanes) is 6. The van der Waals surface area contributed by atoms with E-state index in [1.54, 1.807) is 0 Å². The Morgan fingerprint density at radius 2 is 1.44 bits per heavy atom. The Bertz CT molecular complexity index is 940. The third-order valence-electron chi connectivity index (χ3n) is 5.89. The van der Waals surface area contributed by atoms with Gasteiger partial charge in [0, 0.05) is 18.2 Å². The van der Waals surface area contributed by atoms with E-state index in [9.17, 15) is 55.1 Å². The van der Waals surface area contributed by atoms with E-state index in [1.165, 1.54) is 18.7 Å². The van der Waals surface area contributed by atoms with Crippen LogP contribution in [0.1, 0.15) is 76.7 Å². The van der Waals surface area contributed by atoms with E-state index in [4.69, 9.17) is 0 Å².